The van der Waals surface area contributed by atoms with Gasteiger partial charge in [-0.2, -0.15) is 0 Å². The van der Waals surface area contributed by atoms with Gasteiger partial charge in [-0.15, -0.1) is 0 Å². The van der Waals surface area contributed by atoms with Crippen molar-refractivity contribution in [3.05, 3.63) is 52.0 Å². The Bertz CT molecular complexity index is 1030. The largest absolute Gasteiger partial charge is 0.454 e. The number of nitrogens with one attached hydrogen (secondary N) is 2. The molecule has 2 aromatic carbocycles. The van der Waals surface area contributed by atoms with Gasteiger partial charge in [0.05, 0.1) is 10.7 Å². The molecule has 2 aromatic rings. The molecule has 150 valence electrons. The minimum atomic E-state index is -1.29. The molecular weight excluding hydrogens is 421 g/mol. The van der Waals surface area contributed by atoms with E-state index in [2.05, 4.69) is 10.6 Å². The molecule has 1 saturated heterocycles. The number of nitrogens with zero attached hydrogens (tertiary/aromatic N) is 1. The molecule has 0 aliphatic carbocycles. The molecule has 0 spiro atoms. The summed E-state index contributed by atoms with van der Waals surface area (Å²) >= 11 is 12.0. The van der Waals surface area contributed by atoms with Crippen molar-refractivity contribution < 1.29 is 23.9 Å². The number of benzene rings is 2. The van der Waals surface area contributed by atoms with Crippen molar-refractivity contribution in [2.45, 2.75) is 12.5 Å². The van der Waals surface area contributed by atoms with Gasteiger partial charge in [-0.3, -0.25) is 14.5 Å². The highest BCUT2D eigenvalue weighted by Gasteiger charge is 2.49. The van der Waals surface area contributed by atoms with Crippen molar-refractivity contribution in [1.29, 1.82) is 0 Å². The number of amides is 4. The number of rotatable bonds is 4. The van der Waals surface area contributed by atoms with E-state index in [4.69, 9.17) is 32.7 Å². The van der Waals surface area contributed by atoms with Crippen LogP contribution in [0.25, 0.3) is 0 Å². The number of anilines is 1. The van der Waals surface area contributed by atoms with Gasteiger partial charge in [-0.05, 0) is 24.6 Å². The standard InChI is InChI=1S/C19H15Cl2N3O5/c1-19(10-2-4-11(20)5-3-10)17(26)24(18(27)23-19)8-16(25)22-13-7-15-14(6-12(13)21)28-9-29-15/h2-7H,8-9H2,1H3,(H,22,25)(H,23,27). The zero-order chi connectivity index (χ0) is 20.8. The molecular formula is C19H15Cl2N3O5. The summed E-state index contributed by atoms with van der Waals surface area (Å²) in [6.45, 7) is 1.16. The fourth-order valence-electron chi connectivity index (χ4n) is 3.17. The van der Waals surface area contributed by atoms with Crippen molar-refractivity contribution in [3.8, 4) is 11.5 Å². The highest BCUT2D eigenvalue weighted by atomic mass is 35.5. The molecule has 2 heterocycles. The van der Waals surface area contributed by atoms with E-state index in [9.17, 15) is 14.4 Å². The van der Waals surface area contributed by atoms with Crippen molar-refractivity contribution in [2.24, 2.45) is 0 Å². The van der Waals surface area contributed by atoms with Crippen LogP contribution in [-0.2, 0) is 15.1 Å². The van der Waals surface area contributed by atoms with Crippen LogP contribution in [-0.4, -0.2) is 36.1 Å². The number of hydrogen-bond donors (Lipinski definition) is 2. The molecule has 4 rings (SSSR count). The highest BCUT2D eigenvalue weighted by molar-refractivity contribution is 6.34. The average Bonchev–Trinajstić information content (AvgIpc) is 3.20. The number of fused-ring (bicyclic) bond motifs is 1. The molecule has 29 heavy (non-hydrogen) atoms. The van der Waals surface area contributed by atoms with Gasteiger partial charge in [0.15, 0.2) is 11.5 Å². The molecule has 0 saturated carbocycles. The monoisotopic (exact) mass is 435 g/mol. The zero-order valence-electron chi connectivity index (χ0n) is 15.1. The van der Waals surface area contributed by atoms with Gasteiger partial charge in [0.2, 0.25) is 12.7 Å². The maximum Gasteiger partial charge on any atom is 0.325 e. The molecule has 1 atom stereocenters. The maximum atomic E-state index is 12.9. The summed E-state index contributed by atoms with van der Waals surface area (Å²) in [5.74, 6) is -0.220. The van der Waals surface area contributed by atoms with E-state index in [1.54, 1.807) is 31.2 Å². The Labute approximate surface area is 175 Å². The second-order valence-electron chi connectivity index (χ2n) is 6.69. The minimum Gasteiger partial charge on any atom is -0.454 e. The van der Waals surface area contributed by atoms with Crippen molar-refractivity contribution in [2.75, 3.05) is 18.7 Å². The molecule has 2 aliphatic heterocycles. The highest BCUT2D eigenvalue weighted by Crippen LogP contribution is 2.39. The van der Waals surface area contributed by atoms with Crippen LogP contribution in [0.4, 0.5) is 10.5 Å². The van der Waals surface area contributed by atoms with Gasteiger partial charge < -0.3 is 20.1 Å². The maximum absolute atomic E-state index is 12.9. The molecule has 10 heteroatoms. The van der Waals surface area contributed by atoms with Gasteiger partial charge in [0.25, 0.3) is 5.91 Å². The lowest BCUT2D eigenvalue weighted by Gasteiger charge is -2.22. The number of ether oxygens (including phenoxy) is 2. The Morgan fingerprint density at radius 1 is 1.17 bits per heavy atom. The Balaban J connectivity index is 1.49. The number of urea groups is 1. The third-order valence-electron chi connectivity index (χ3n) is 4.73. The van der Waals surface area contributed by atoms with Crippen molar-refractivity contribution in [3.63, 3.8) is 0 Å². The van der Waals surface area contributed by atoms with E-state index in [1.165, 1.54) is 12.1 Å². The van der Waals surface area contributed by atoms with Crippen molar-refractivity contribution in [1.82, 2.24) is 10.2 Å². The summed E-state index contributed by atoms with van der Waals surface area (Å²) in [5, 5.41) is 5.96. The fourth-order valence-corrected chi connectivity index (χ4v) is 3.49. The Kier molecular flexibility index (Phi) is 4.76. The van der Waals surface area contributed by atoms with Gasteiger partial charge in [-0.1, -0.05) is 35.3 Å². The van der Waals surface area contributed by atoms with E-state index in [0.29, 0.717) is 22.1 Å². The van der Waals surface area contributed by atoms with E-state index in [0.717, 1.165) is 4.90 Å². The second kappa shape index (κ2) is 7.13. The molecule has 1 fully saturated rings. The summed E-state index contributed by atoms with van der Waals surface area (Å²) in [4.78, 5) is 38.6. The Morgan fingerprint density at radius 2 is 1.83 bits per heavy atom. The van der Waals surface area contributed by atoms with E-state index >= 15 is 0 Å². The molecule has 0 bridgehead atoms. The lowest BCUT2D eigenvalue weighted by Crippen LogP contribution is -2.42. The first-order chi connectivity index (χ1) is 13.8. The number of imide groups is 1. The Morgan fingerprint density at radius 3 is 2.52 bits per heavy atom. The van der Waals surface area contributed by atoms with E-state index in [1.807, 2.05) is 0 Å². The Hall–Kier alpha value is -2.97. The molecule has 1 unspecified atom stereocenters. The molecule has 8 nitrogen and oxygen atoms in total. The van der Waals surface area contributed by atoms with Crippen LogP contribution in [0.1, 0.15) is 12.5 Å². The summed E-state index contributed by atoms with van der Waals surface area (Å²) in [7, 11) is 0. The molecule has 2 aliphatic rings. The lowest BCUT2D eigenvalue weighted by molar-refractivity contribution is -0.133. The van der Waals surface area contributed by atoms with Crippen LogP contribution in [0.15, 0.2) is 36.4 Å². The summed E-state index contributed by atoms with van der Waals surface area (Å²) in [6.07, 6.45) is 0. The quantitative estimate of drug-likeness (QED) is 0.718. The van der Waals surface area contributed by atoms with Crippen LogP contribution in [0, 0.1) is 0 Å². The topological polar surface area (TPSA) is 97.0 Å². The van der Waals surface area contributed by atoms with Gasteiger partial charge in [0, 0.05) is 17.2 Å². The SMILES string of the molecule is CC1(c2ccc(Cl)cc2)NC(=O)N(CC(=O)Nc2cc3c(cc2Cl)OCO3)C1=O. The third kappa shape index (κ3) is 3.45. The van der Waals surface area contributed by atoms with Crippen LogP contribution >= 0.6 is 23.2 Å². The van der Waals surface area contributed by atoms with Crippen LogP contribution in [0.2, 0.25) is 10.0 Å². The summed E-state index contributed by atoms with van der Waals surface area (Å²) in [5.41, 5.74) is -0.450. The summed E-state index contributed by atoms with van der Waals surface area (Å²) < 4.78 is 10.5. The lowest BCUT2D eigenvalue weighted by atomic mass is 9.92. The first-order valence-corrected chi connectivity index (χ1v) is 9.32. The predicted octanol–water partition coefficient (Wildman–Crippen LogP) is 3.13. The van der Waals surface area contributed by atoms with E-state index < -0.39 is 29.9 Å². The fraction of sp³-hybridized carbons (Fsp3) is 0.211. The number of carbonyl (C=O) groups is 3. The number of hydrogen-bond acceptors (Lipinski definition) is 5. The van der Waals surface area contributed by atoms with Gasteiger partial charge >= 0.3 is 6.03 Å². The smallest absolute Gasteiger partial charge is 0.325 e. The number of halogens is 2. The van der Waals surface area contributed by atoms with Crippen LogP contribution in [0.5, 0.6) is 11.5 Å². The normalized spacial score (nSPS) is 20.0. The molecule has 0 radical (unpaired) electrons. The molecule has 0 aromatic heterocycles. The first-order valence-electron chi connectivity index (χ1n) is 8.57. The van der Waals surface area contributed by atoms with Gasteiger partial charge in [-0.25, -0.2) is 4.79 Å². The summed E-state index contributed by atoms with van der Waals surface area (Å²) in [6, 6.07) is 8.92. The van der Waals surface area contributed by atoms with Gasteiger partial charge in [0.1, 0.15) is 12.1 Å². The van der Waals surface area contributed by atoms with Crippen LogP contribution in [0.3, 0.4) is 0 Å². The van der Waals surface area contributed by atoms with E-state index in [-0.39, 0.29) is 17.5 Å². The molecule has 2 N–H and O–H groups in total. The molecule has 4 amide bonds. The first kappa shape index (κ1) is 19.4. The van der Waals surface area contributed by atoms with Crippen molar-refractivity contribution >= 4 is 46.7 Å². The average molecular weight is 436 g/mol. The van der Waals surface area contributed by atoms with Crippen LogP contribution < -0.4 is 20.1 Å². The number of carbonyl (C=O) groups excluding carboxylic acids is 3. The zero-order valence-corrected chi connectivity index (χ0v) is 16.6. The predicted molar refractivity (Wildman–Crippen MR) is 105 cm³/mol. The third-order valence-corrected chi connectivity index (χ3v) is 5.30. The second-order valence-corrected chi connectivity index (χ2v) is 7.53. The minimum absolute atomic E-state index is 0.0643.